The molecule has 0 radical (unpaired) electrons. The number of carbonyl (C=O) groups excluding carboxylic acids is 1. The summed E-state index contributed by atoms with van der Waals surface area (Å²) >= 11 is 0. The quantitative estimate of drug-likeness (QED) is 0.446. The van der Waals surface area contributed by atoms with Crippen LogP contribution in [-0.2, 0) is 14.8 Å². The molecule has 2 rings (SSSR count). The highest BCUT2D eigenvalue weighted by atomic mass is 32.2. The van der Waals surface area contributed by atoms with E-state index in [0.717, 1.165) is 58.0 Å². The topological polar surface area (TPSA) is 115 Å². The molecule has 5 N–H and O–H groups in total. The molecule has 9 nitrogen and oxygen atoms in total. The van der Waals surface area contributed by atoms with Crippen molar-refractivity contribution in [3.63, 3.8) is 0 Å². The molecule has 0 unspecified atom stereocenters. The molecule has 1 aliphatic rings. The minimum atomic E-state index is -3.80. The summed E-state index contributed by atoms with van der Waals surface area (Å²) in [5.41, 5.74) is 4.10. The van der Waals surface area contributed by atoms with Gasteiger partial charge in [-0.1, -0.05) is 0 Å². The van der Waals surface area contributed by atoms with Gasteiger partial charge in [0.1, 0.15) is 0 Å². The van der Waals surface area contributed by atoms with E-state index in [2.05, 4.69) is 26.4 Å². The third kappa shape index (κ3) is 7.26. The van der Waals surface area contributed by atoms with Gasteiger partial charge in [-0.05, 0) is 24.3 Å². The molecule has 0 atom stereocenters. The number of hydrazine groups is 1. The summed E-state index contributed by atoms with van der Waals surface area (Å²) in [6.07, 6.45) is 0. The number of benzene rings is 1. The Labute approximate surface area is 154 Å². The number of anilines is 1. The van der Waals surface area contributed by atoms with Crippen molar-refractivity contribution in [1.29, 1.82) is 0 Å². The van der Waals surface area contributed by atoms with Gasteiger partial charge in [0.05, 0.1) is 4.90 Å². The fraction of sp³-hybridized carbons (Fsp3) is 0.562. The number of sulfonamides is 1. The maximum absolute atomic E-state index is 12.0. The van der Waals surface area contributed by atoms with E-state index in [9.17, 15) is 13.2 Å². The minimum Gasteiger partial charge on any atom is -0.319 e. The summed E-state index contributed by atoms with van der Waals surface area (Å²) < 4.78 is 25.9. The van der Waals surface area contributed by atoms with Crippen molar-refractivity contribution in [2.75, 3.05) is 57.8 Å². The van der Waals surface area contributed by atoms with E-state index in [1.54, 1.807) is 12.1 Å². The van der Waals surface area contributed by atoms with Crippen LogP contribution in [0.4, 0.5) is 5.69 Å². The van der Waals surface area contributed by atoms with Crippen molar-refractivity contribution in [3.05, 3.63) is 24.3 Å². The number of hydrogen-bond acceptors (Lipinski definition) is 8. The molecule has 1 heterocycles. The molecule has 0 spiro atoms. The summed E-state index contributed by atoms with van der Waals surface area (Å²) in [4.78, 5) is 11.1. The third-order valence-electron chi connectivity index (χ3n) is 3.80. The van der Waals surface area contributed by atoms with Gasteiger partial charge in [-0.3, -0.25) is 4.79 Å². The zero-order chi connectivity index (χ0) is 18.8. The summed E-state index contributed by atoms with van der Waals surface area (Å²) in [5.74, 6) is -0.610. The molecule has 0 aromatic heterocycles. The van der Waals surface area contributed by atoms with Crippen LogP contribution in [0.25, 0.3) is 0 Å². The minimum absolute atomic E-state index is 0.0581. The number of rotatable bonds is 4. The molecule has 1 saturated heterocycles. The Morgan fingerprint density at radius 1 is 0.923 bits per heavy atom. The summed E-state index contributed by atoms with van der Waals surface area (Å²) in [6.45, 7) is 8.23. The van der Waals surface area contributed by atoms with Crippen molar-refractivity contribution >= 4 is 21.6 Å². The number of carbonyl (C=O) groups is 1. The summed E-state index contributed by atoms with van der Waals surface area (Å²) in [6, 6.07) is 6.34. The molecule has 146 valence electrons. The zero-order valence-corrected chi connectivity index (χ0v) is 15.9. The molecule has 1 aromatic carbocycles. The number of hydrogen-bond donors (Lipinski definition) is 5. The molecule has 0 saturated carbocycles. The molecule has 0 bridgehead atoms. The van der Waals surface area contributed by atoms with Crippen molar-refractivity contribution in [2.24, 2.45) is 0 Å². The molecule has 10 heteroatoms. The molecule has 1 amide bonds. The fourth-order valence-corrected chi connectivity index (χ4v) is 3.51. The fourth-order valence-electron chi connectivity index (χ4n) is 2.52. The highest BCUT2D eigenvalue weighted by molar-refractivity contribution is 7.90. The van der Waals surface area contributed by atoms with Crippen LogP contribution in [-0.4, -0.2) is 71.7 Å². The SMILES string of the molecule is CC(=O)NS(=O)(=O)c1ccc(NN2CCNCCNCCNCC2)cc1. The first-order valence-corrected chi connectivity index (χ1v) is 10.2. The number of amides is 1. The van der Waals surface area contributed by atoms with Crippen LogP contribution in [0.5, 0.6) is 0 Å². The van der Waals surface area contributed by atoms with Gasteiger partial charge in [0, 0.05) is 65.0 Å². The largest absolute Gasteiger partial charge is 0.319 e. The predicted octanol–water partition coefficient (Wildman–Crippen LogP) is -1.08. The highest BCUT2D eigenvalue weighted by Gasteiger charge is 2.15. The zero-order valence-electron chi connectivity index (χ0n) is 15.0. The van der Waals surface area contributed by atoms with Crippen LogP contribution in [0.2, 0.25) is 0 Å². The Morgan fingerprint density at radius 3 is 1.92 bits per heavy atom. The van der Waals surface area contributed by atoms with Gasteiger partial charge in [0.15, 0.2) is 0 Å². The van der Waals surface area contributed by atoms with Crippen LogP contribution < -0.4 is 26.1 Å². The predicted molar refractivity (Wildman–Crippen MR) is 101 cm³/mol. The Hall–Kier alpha value is -1.72. The lowest BCUT2D eigenvalue weighted by molar-refractivity contribution is -0.117. The van der Waals surface area contributed by atoms with Gasteiger partial charge in [0.2, 0.25) is 5.91 Å². The van der Waals surface area contributed by atoms with E-state index in [0.29, 0.717) is 0 Å². The second kappa shape index (κ2) is 10.4. The first kappa shape index (κ1) is 20.6. The molecule has 26 heavy (non-hydrogen) atoms. The monoisotopic (exact) mass is 384 g/mol. The summed E-state index contributed by atoms with van der Waals surface area (Å²) in [7, 11) is -3.80. The molecule has 1 aliphatic heterocycles. The van der Waals surface area contributed by atoms with Crippen molar-refractivity contribution in [3.8, 4) is 0 Å². The molecular weight excluding hydrogens is 356 g/mol. The first-order valence-electron chi connectivity index (χ1n) is 8.74. The van der Waals surface area contributed by atoms with Crippen LogP contribution in [0.15, 0.2) is 29.2 Å². The van der Waals surface area contributed by atoms with Crippen LogP contribution in [0, 0.1) is 0 Å². The molecule has 0 aliphatic carbocycles. The number of nitrogens with zero attached hydrogens (tertiary/aromatic N) is 1. The second-order valence-corrected chi connectivity index (χ2v) is 7.72. The van der Waals surface area contributed by atoms with Crippen LogP contribution in [0.3, 0.4) is 0 Å². The average molecular weight is 385 g/mol. The maximum Gasteiger partial charge on any atom is 0.264 e. The van der Waals surface area contributed by atoms with Gasteiger partial charge in [0.25, 0.3) is 10.0 Å². The standard InChI is InChI=1S/C16H28N6O3S/c1-14(23)21-26(24,25)16-4-2-15(3-5-16)20-22-12-10-18-8-6-17-7-9-19-11-13-22/h2-5,17-20H,6-13H2,1H3,(H,21,23). The number of nitrogens with one attached hydrogen (secondary N) is 5. The van der Waals surface area contributed by atoms with Crippen LogP contribution in [0.1, 0.15) is 6.92 Å². The lowest BCUT2D eigenvalue weighted by Gasteiger charge is -2.25. The van der Waals surface area contributed by atoms with Gasteiger partial charge < -0.3 is 21.4 Å². The van der Waals surface area contributed by atoms with Gasteiger partial charge in [-0.15, -0.1) is 0 Å². The Morgan fingerprint density at radius 2 is 1.42 bits per heavy atom. The van der Waals surface area contributed by atoms with E-state index >= 15 is 0 Å². The Balaban J connectivity index is 1.95. The average Bonchev–Trinajstić information content (AvgIpc) is 2.57. The second-order valence-electron chi connectivity index (χ2n) is 6.03. The maximum atomic E-state index is 12.0. The molecule has 1 aromatic rings. The first-order chi connectivity index (χ1) is 12.5. The van der Waals surface area contributed by atoms with E-state index in [-0.39, 0.29) is 4.90 Å². The van der Waals surface area contributed by atoms with Crippen molar-refractivity contribution in [1.82, 2.24) is 25.7 Å². The highest BCUT2D eigenvalue weighted by Crippen LogP contribution is 2.14. The van der Waals surface area contributed by atoms with E-state index < -0.39 is 15.9 Å². The van der Waals surface area contributed by atoms with Gasteiger partial charge in [-0.2, -0.15) is 0 Å². The molecule has 1 fully saturated rings. The Bertz CT molecular complexity index is 653. The third-order valence-corrected chi connectivity index (χ3v) is 5.25. The lowest BCUT2D eigenvalue weighted by Crippen LogP contribution is -2.43. The normalized spacial score (nSPS) is 18.3. The molecular formula is C16H28N6O3S. The Kier molecular flexibility index (Phi) is 8.26. The van der Waals surface area contributed by atoms with E-state index in [4.69, 9.17) is 0 Å². The van der Waals surface area contributed by atoms with Crippen LogP contribution >= 0.6 is 0 Å². The lowest BCUT2D eigenvalue weighted by atomic mass is 10.3. The van der Waals surface area contributed by atoms with Crippen molar-refractivity contribution < 1.29 is 13.2 Å². The van der Waals surface area contributed by atoms with E-state index in [1.807, 2.05) is 4.72 Å². The van der Waals surface area contributed by atoms with E-state index in [1.165, 1.54) is 19.1 Å². The van der Waals surface area contributed by atoms with Gasteiger partial charge >= 0.3 is 0 Å². The van der Waals surface area contributed by atoms with Crippen molar-refractivity contribution in [2.45, 2.75) is 11.8 Å². The smallest absolute Gasteiger partial charge is 0.264 e. The summed E-state index contributed by atoms with van der Waals surface area (Å²) in [5, 5.41) is 12.2. The van der Waals surface area contributed by atoms with Gasteiger partial charge in [-0.25, -0.2) is 18.1 Å².